The molecule has 0 saturated carbocycles. The molecular formula is C29H33N3O4. The minimum absolute atomic E-state index is 0.327. The molecule has 0 bridgehead atoms. The Hall–Kier alpha value is -3.39. The fourth-order valence-electron chi connectivity index (χ4n) is 4.84. The van der Waals surface area contributed by atoms with Crippen LogP contribution in [0.5, 0.6) is 11.5 Å². The number of likely N-dealkylation sites (tertiary alicyclic amines) is 1. The van der Waals surface area contributed by atoms with Gasteiger partial charge >= 0.3 is 0 Å². The monoisotopic (exact) mass is 487 g/mol. The van der Waals surface area contributed by atoms with Crippen molar-refractivity contribution in [1.29, 1.82) is 0 Å². The van der Waals surface area contributed by atoms with E-state index in [4.69, 9.17) is 19.2 Å². The molecule has 1 aliphatic rings. The topological polar surface area (TPSA) is 58.0 Å². The van der Waals surface area contributed by atoms with Gasteiger partial charge in [-0.3, -0.25) is 9.88 Å². The van der Waals surface area contributed by atoms with Crippen LogP contribution in [0.3, 0.4) is 0 Å². The Morgan fingerprint density at radius 2 is 1.78 bits per heavy atom. The van der Waals surface area contributed by atoms with Crippen molar-refractivity contribution in [2.45, 2.75) is 26.0 Å². The van der Waals surface area contributed by atoms with Gasteiger partial charge in [-0.15, -0.1) is 0 Å². The number of ether oxygens (including phenoxy) is 2. The standard InChI is InChI=1S/C29H33N3O4/c1-33-29-17-22(5-6-25(29)21-36-34-2)20-32-27(18-24-11-12-30-19-28(24)32)23-7-9-26(10-8-23)35-16-15-31-13-3-4-14-31/h5-12,17-19H,3-4,13-16,20-21H2,1-2H3. The molecule has 7 nitrogen and oxygen atoms in total. The number of hydrogen-bond donors (Lipinski definition) is 0. The molecule has 0 spiro atoms. The van der Waals surface area contributed by atoms with E-state index in [1.54, 1.807) is 7.11 Å². The van der Waals surface area contributed by atoms with Gasteiger partial charge in [0.1, 0.15) is 24.7 Å². The second-order valence-electron chi connectivity index (χ2n) is 9.05. The normalized spacial score (nSPS) is 13.9. The van der Waals surface area contributed by atoms with E-state index in [2.05, 4.69) is 63.0 Å². The van der Waals surface area contributed by atoms with E-state index in [1.807, 2.05) is 18.5 Å². The number of aromatic nitrogens is 2. The third kappa shape index (κ3) is 5.54. The summed E-state index contributed by atoms with van der Waals surface area (Å²) in [4.78, 5) is 16.7. The van der Waals surface area contributed by atoms with Crippen LogP contribution >= 0.6 is 0 Å². The molecule has 188 valence electrons. The van der Waals surface area contributed by atoms with Gasteiger partial charge < -0.3 is 14.0 Å². The second kappa shape index (κ2) is 11.6. The SMILES string of the molecule is COOCc1ccc(Cn2c(-c3ccc(OCCN4CCCC4)cc3)cc3ccncc32)cc1OC. The minimum atomic E-state index is 0.327. The predicted molar refractivity (Wildman–Crippen MR) is 140 cm³/mol. The van der Waals surface area contributed by atoms with Gasteiger partial charge in [0.05, 0.1) is 25.9 Å². The number of benzene rings is 2. The third-order valence-electron chi connectivity index (χ3n) is 6.76. The molecule has 0 atom stereocenters. The van der Waals surface area contributed by atoms with Gasteiger partial charge in [0.2, 0.25) is 0 Å². The zero-order valence-corrected chi connectivity index (χ0v) is 21.0. The van der Waals surface area contributed by atoms with E-state index in [9.17, 15) is 0 Å². The molecule has 0 amide bonds. The zero-order chi connectivity index (χ0) is 24.7. The summed E-state index contributed by atoms with van der Waals surface area (Å²) in [6.07, 6.45) is 6.36. The fourth-order valence-corrected chi connectivity index (χ4v) is 4.84. The number of hydrogen-bond acceptors (Lipinski definition) is 6. The lowest BCUT2D eigenvalue weighted by atomic mass is 10.1. The minimum Gasteiger partial charge on any atom is -0.496 e. The van der Waals surface area contributed by atoms with Crippen LogP contribution in [-0.4, -0.2) is 54.9 Å². The van der Waals surface area contributed by atoms with Crippen LogP contribution in [0.1, 0.15) is 24.0 Å². The van der Waals surface area contributed by atoms with Crippen LogP contribution in [0.15, 0.2) is 67.0 Å². The quantitative estimate of drug-likeness (QED) is 0.211. The summed E-state index contributed by atoms with van der Waals surface area (Å²) in [6.45, 7) is 5.10. The Morgan fingerprint density at radius 3 is 2.56 bits per heavy atom. The highest BCUT2D eigenvalue weighted by atomic mass is 17.2. The number of methoxy groups -OCH3 is 1. The number of fused-ring (bicyclic) bond motifs is 1. The number of pyridine rings is 1. The van der Waals surface area contributed by atoms with E-state index < -0.39 is 0 Å². The molecule has 0 aliphatic carbocycles. The maximum atomic E-state index is 6.02. The molecule has 0 radical (unpaired) electrons. The summed E-state index contributed by atoms with van der Waals surface area (Å²) in [7, 11) is 3.17. The van der Waals surface area contributed by atoms with Crippen LogP contribution in [0, 0.1) is 0 Å². The molecule has 5 rings (SSSR count). The number of rotatable bonds is 11. The van der Waals surface area contributed by atoms with Crippen LogP contribution in [-0.2, 0) is 22.9 Å². The van der Waals surface area contributed by atoms with E-state index in [0.29, 0.717) is 13.2 Å². The van der Waals surface area contributed by atoms with Crippen molar-refractivity contribution in [2.24, 2.45) is 0 Å². The summed E-state index contributed by atoms with van der Waals surface area (Å²) in [5, 5.41) is 1.16. The van der Waals surface area contributed by atoms with E-state index >= 15 is 0 Å². The molecule has 0 N–H and O–H groups in total. The highest BCUT2D eigenvalue weighted by Gasteiger charge is 2.14. The summed E-state index contributed by atoms with van der Waals surface area (Å²) in [5.74, 6) is 1.68. The first kappa shape index (κ1) is 24.3. The van der Waals surface area contributed by atoms with Crippen molar-refractivity contribution in [3.63, 3.8) is 0 Å². The Labute approximate surface area is 212 Å². The van der Waals surface area contributed by atoms with Crippen LogP contribution in [0.25, 0.3) is 22.2 Å². The third-order valence-corrected chi connectivity index (χ3v) is 6.76. The molecule has 1 aliphatic heterocycles. The first-order chi connectivity index (χ1) is 17.7. The van der Waals surface area contributed by atoms with Crippen LogP contribution in [0.4, 0.5) is 0 Å². The van der Waals surface area contributed by atoms with E-state index in [0.717, 1.165) is 57.9 Å². The zero-order valence-electron chi connectivity index (χ0n) is 21.0. The predicted octanol–water partition coefficient (Wildman–Crippen LogP) is 5.31. The van der Waals surface area contributed by atoms with Gasteiger partial charge in [0.25, 0.3) is 0 Å². The Morgan fingerprint density at radius 1 is 0.944 bits per heavy atom. The first-order valence-corrected chi connectivity index (χ1v) is 12.5. The van der Waals surface area contributed by atoms with Gasteiger partial charge in [-0.1, -0.05) is 12.1 Å². The molecule has 7 heteroatoms. The van der Waals surface area contributed by atoms with Gasteiger partial charge in [-0.2, -0.15) is 0 Å². The summed E-state index contributed by atoms with van der Waals surface area (Å²) in [6, 6.07) is 18.8. The van der Waals surface area contributed by atoms with Crippen LogP contribution < -0.4 is 9.47 Å². The summed E-state index contributed by atoms with van der Waals surface area (Å²) >= 11 is 0. The van der Waals surface area contributed by atoms with E-state index in [1.165, 1.54) is 33.0 Å². The molecule has 4 aromatic rings. The summed E-state index contributed by atoms with van der Waals surface area (Å²) < 4.78 is 13.9. The molecule has 2 aromatic carbocycles. The average Bonchev–Trinajstić information content (AvgIpc) is 3.56. The van der Waals surface area contributed by atoms with Crippen LogP contribution in [0.2, 0.25) is 0 Å². The molecular weight excluding hydrogens is 454 g/mol. The Bertz CT molecular complexity index is 1280. The van der Waals surface area contributed by atoms with Gasteiger partial charge in [0, 0.05) is 35.9 Å². The Kier molecular flexibility index (Phi) is 7.81. The molecule has 2 aromatic heterocycles. The molecule has 3 heterocycles. The van der Waals surface area contributed by atoms with Crippen molar-refractivity contribution < 1.29 is 19.2 Å². The van der Waals surface area contributed by atoms with Crippen molar-refractivity contribution in [3.05, 3.63) is 78.1 Å². The maximum absolute atomic E-state index is 6.02. The molecule has 36 heavy (non-hydrogen) atoms. The van der Waals surface area contributed by atoms with Crippen molar-refractivity contribution in [2.75, 3.05) is 40.5 Å². The fraction of sp³-hybridized carbons (Fsp3) is 0.345. The highest BCUT2D eigenvalue weighted by Crippen LogP contribution is 2.31. The van der Waals surface area contributed by atoms with Gasteiger partial charge in [-0.05, 0) is 79.5 Å². The van der Waals surface area contributed by atoms with Crippen molar-refractivity contribution in [3.8, 4) is 22.8 Å². The van der Waals surface area contributed by atoms with Crippen molar-refractivity contribution in [1.82, 2.24) is 14.5 Å². The first-order valence-electron chi connectivity index (χ1n) is 12.5. The Balaban J connectivity index is 1.37. The molecule has 1 saturated heterocycles. The summed E-state index contributed by atoms with van der Waals surface area (Å²) in [5.41, 5.74) is 5.41. The molecule has 0 unspecified atom stereocenters. The smallest absolute Gasteiger partial charge is 0.124 e. The maximum Gasteiger partial charge on any atom is 0.124 e. The largest absolute Gasteiger partial charge is 0.496 e. The van der Waals surface area contributed by atoms with Gasteiger partial charge in [0.15, 0.2) is 0 Å². The average molecular weight is 488 g/mol. The molecule has 1 fully saturated rings. The van der Waals surface area contributed by atoms with Gasteiger partial charge in [-0.25, -0.2) is 9.78 Å². The number of nitrogens with zero attached hydrogens (tertiary/aromatic N) is 3. The highest BCUT2D eigenvalue weighted by molar-refractivity contribution is 5.86. The lowest BCUT2D eigenvalue weighted by Crippen LogP contribution is -2.25. The second-order valence-corrected chi connectivity index (χ2v) is 9.05. The van der Waals surface area contributed by atoms with E-state index in [-0.39, 0.29) is 0 Å². The lowest BCUT2D eigenvalue weighted by molar-refractivity contribution is -0.282. The van der Waals surface area contributed by atoms with Crippen molar-refractivity contribution >= 4 is 10.9 Å². The lowest BCUT2D eigenvalue weighted by Gasteiger charge is -2.16.